The molecule has 1 rings (SSSR count). The van der Waals surface area contributed by atoms with Crippen LogP contribution in [0.3, 0.4) is 0 Å². The predicted molar refractivity (Wildman–Crippen MR) is 48.7 cm³/mol. The quantitative estimate of drug-likeness (QED) is 0.590. The van der Waals surface area contributed by atoms with Gasteiger partial charge in [0.25, 0.3) is 0 Å². The Bertz CT molecular complexity index is 367. The summed E-state index contributed by atoms with van der Waals surface area (Å²) in [6.07, 6.45) is -4.35. The van der Waals surface area contributed by atoms with E-state index in [1.165, 1.54) is 24.3 Å². The van der Waals surface area contributed by atoms with Crippen molar-refractivity contribution in [2.24, 2.45) is 0 Å². The van der Waals surface area contributed by atoms with Crippen molar-refractivity contribution in [3.05, 3.63) is 29.8 Å². The van der Waals surface area contributed by atoms with E-state index < -0.39 is 19.6 Å². The van der Waals surface area contributed by atoms with E-state index in [1.807, 2.05) is 6.07 Å². The van der Waals surface area contributed by atoms with E-state index in [4.69, 9.17) is 10.00 Å². The summed E-state index contributed by atoms with van der Waals surface area (Å²) in [4.78, 5) is 0. The minimum atomic E-state index is -4.35. The van der Waals surface area contributed by atoms with E-state index >= 15 is 0 Å². The Labute approximate surface area is 90.0 Å². The molecule has 0 N–H and O–H groups in total. The van der Waals surface area contributed by atoms with Crippen LogP contribution in [0.2, 0.25) is 0 Å². The highest BCUT2D eigenvalue weighted by Gasteiger charge is 2.27. The summed E-state index contributed by atoms with van der Waals surface area (Å²) >= 11 is 0. The lowest BCUT2D eigenvalue weighted by Gasteiger charge is -2.08. The van der Waals surface area contributed by atoms with Gasteiger partial charge in [0, 0.05) is 0 Å². The average molecular weight is 231 g/mol. The van der Waals surface area contributed by atoms with Gasteiger partial charge >= 0.3 is 6.18 Å². The smallest absolute Gasteiger partial charge is 0.411 e. The van der Waals surface area contributed by atoms with Gasteiger partial charge in [-0.1, -0.05) is 0 Å². The Morgan fingerprint density at radius 2 is 1.81 bits per heavy atom. The third kappa shape index (κ3) is 4.66. The molecule has 0 aliphatic rings. The van der Waals surface area contributed by atoms with Gasteiger partial charge in [-0.15, -0.1) is 0 Å². The first-order valence-corrected chi connectivity index (χ1v) is 4.29. The molecule has 3 nitrogen and oxygen atoms in total. The van der Waals surface area contributed by atoms with Crippen molar-refractivity contribution in [1.82, 2.24) is 0 Å². The third-order valence-electron chi connectivity index (χ3n) is 1.56. The van der Waals surface area contributed by atoms with Crippen LogP contribution in [-0.2, 0) is 4.74 Å². The Hall–Kier alpha value is -1.74. The SMILES string of the molecule is N#Cc1ccc(OCOCC(F)(F)F)cc1. The number of ether oxygens (including phenoxy) is 2. The van der Waals surface area contributed by atoms with E-state index in [2.05, 4.69) is 4.74 Å². The van der Waals surface area contributed by atoms with Crippen molar-refractivity contribution in [2.45, 2.75) is 6.18 Å². The topological polar surface area (TPSA) is 42.2 Å². The van der Waals surface area contributed by atoms with Crippen LogP contribution < -0.4 is 4.74 Å². The minimum Gasteiger partial charge on any atom is -0.468 e. The summed E-state index contributed by atoms with van der Waals surface area (Å²) in [5.41, 5.74) is 0.448. The summed E-state index contributed by atoms with van der Waals surface area (Å²) in [5.74, 6) is 0.348. The molecular formula is C10H8F3NO2. The van der Waals surface area contributed by atoms with Gasteiger partial charge in [-0.05, 0) is 24.3 Å². The molecule has 0 aromatic heterocycles. The van der Waals surface area contributed by atoms with E-state index in [1.54, 1.807) is 0 Å². The number of hydrogen-bond donors (Lipinski definition) is 0. The van der Waals surface area contributed by atoms with Gasteiger partial charge in [-0.3, -0.25) is 0 Å². The maximum absolute atomic E-state index is 11.7. The molecule has 0 aliphatic heterocycles. The number of nitriles is 1. The van der Waals surface area contributed by atoms with Crippen molar-refractivity contribution in [2.75, 3.05) is 13.4 Å². The molecule has 0 atom stereocenters. The number of alkyl halides is 3. The molecule has 0 heterocycles. The lowest BCUT2D eigenvalue weighted by atomic mass is 10.2. The number of halogens is 3. The monoisotopic (exact) mass is 231 g/mol. The third-order valence-corrected chi connectivity index (χ3v) is 1.56. The highest BCUT2D eigenvalue weighted by atomic mass is 19.4. The second-order valence-corrected chi connectivity index (χ2v) is 2.86. The molecule has 0 saturated heterocycles. The molecule has 0 fully saturated rings. The molecule has 1 aromatic rings. The van der Waals surface area contributed by atoms with Gasteiger partial charge in [0.15, 0.2) is 6.79 Å². The Morgan fingerprint density at radius 3 is 2.31 bits per heavy atom. The van der Waals surface area contributed by atoms with Crippen LogP contribution in [0.4, 0.5) is 13.2 Å². The molecule has 1 aromatic carbocycles. The zero-order valence-corrected chi connectivity index (χ0v) is 8.12. The number of rotatable bonds is 4. The van der Waals surface area contributed by atoms with Gasteiger partial charge in [0.1, 0.15) is 12.4 Å². The van der Waals surface area contributed by atoms with Crippen molar-refractivity contribution in [3.63, 3.8) is 0 Å². The average Bonchev–Trinajstić information content (AvgIpc) is 2.24. The van der Waals surface area contributed by atoms with Gasteiger partial charge < -0.3 is 9.47 Å². The zero-order valence-electron chi connectivity index (χ0n) is 8.12. The molecule has 86 valence electrons. The fourth-order valence-corrected chi connectivity index (χ4v) is 0.893. The van der Waals surface area contributed by atoms with Crippen LogP contribution in [0.1, 0.15) is 5.56 Å². The molecule has 6 heteroatoms. The molecule has 0 amide bonds. The van der Waals surface area contributed by atoms with Crippen molar-refractivity contribution in [3.8, 4) is 11.8 Å². The molecule has 0 radical (unpaired) electrons. The molecule has 0 unspecified atom stereocenters. The standard InChI is InChI=1S/C10H8F3NO2/c11-10(12,13)6-15-7-16-9-3-1-8(5-14)2-4-9/h1-4H,6-7H2. The van der Waals surface area contributed by atoms with E-state index in [9.17, 15) is 13.2 Å². The highest BCUT2D eigenvalue weighted by Crippen LogP contribution is 2.15. The summed E-state index contributed by atoms with van der Waals surface area (Å²) in [5, 5.41) is 8.49. The van der Waals surface area contributed by atoms with Crippen LogP contribution in [0.15, 0.2) is 24.3 Å². The van der Waals surface area contributed by atoms with Gasteiger partial charge in [0.2, 0.25) is 0 Å². The zero-order chi connectivity index (χ0) is 12.0. The Kier molecular flexibility index (Phi) is 4.14. The first-order chi connectivity index (χ1) is 7.51. The predicted octanol–water partition coefficient (Wildman–Crippen LogP) is 2.47. The summed E-state index contributed by atoms with van der Waals surface area (Å²) in [7, 11) is 0. The lowest BCUT2D eigenvalue weighted by molar-refractivity contribution is -0.186. The second kappa shape index (κ2) is 5.37. The van der Waals surface area contributed by atoms with Crippen LogP contribution in [0, 0.1) is 11.3 Å². The Morgan fingerprint density at radius 1 is 1.19 bits per heavy atom. The molecule has 16 heavy (non-hydrogen) atoms. The van der Waals surface area contributed by atoms with Crippen LogP contribution in [0.5, 0.6) is 5.75 Å². The molecule has 0 saturated carbocycles. The fourth-order valence-electron chi connectivity index (χ4n) is 0.893. The van der Waals surface area contributed by atoms with Crippen molar-refractivity contribution in [1.29, 1.82) is 5.26 Å². The van der Waals surface area contributed by atoms with Gasteiger partial charge in [-0.25, -0.2) is 0 Å². The van der Waals surface area contributed by atoms with E-state index in [0.29, 0.717) is 11.3 Å². The Balaban J connectivity index is 2.30. The number of benzene rings is 1. The van der Waals surface area contributed by atoms with Crippen molar-refractivity contribution >= 4 is 0 Å². The number of hydrogen-bond acceptors (Lipinski definition) is 3. The highest BCUT2D eigenvalue weighted by molar-refractivity contribution is 5.34. The van der Waals surface area contributed by atoms with Crippen molar-refractivity contribution < 1.29 is 22.6 Å². The summed E-state index contributed by atoms with van der Waals surface area (Å²) < 4.78 is 44.1. The number of nitrogens with zero attached hydrogens (tertiary/aromatic N) is 1. The van der Waals surface area contributed by atoms with Crippen LogP contribution in [0.25, 0.3) is 0 Å². The summed E-state index contributed by atoms with van der Waals surface area (Å²) in [6.45, 7) is -1.82. The summed E-state index contributed by atoms with van der Waals surface area (Å²) in [6, 6.07) is 7.87. The molecular weight excluding hydrogens is 223 g/mol. The van der Waals surface area contributed by atoms with Crippen LogP contribution >= 0.6 is 0 Å². The first kappa shape index (κ1) is 12.3. The van der Waals surface area contributed by atoms with Gasteiger partial charge in [-0.2, -0.15) is 18.4 Å². The fraction of sp³-hybridized carbons (Fsp3) is 0.300. The van der Waals surface area contributed by atoms with E-state index in [0.717, 1.165) is 0 Å². The van der Waals surface area contributed by atoms with E-state index in [-0.39, 0.29) is 0 Å². The lowest BCUT2D eigenvalue weighted by Crippen LogP contribution is -2.19. The maximum Gasteiger partial charge on any atom is 0.411 e. The molecule has 0 spiro atoms. The van der Waals surface area contributed by atoms with Crippen LogP contribution in [-0.4, -0.2) is 19.6 Å². The van der Waals surface area contributed by atoms with Gasteiger partial charge in [0.05, 0.1) is 11.6 Å². The largest absolute Gasteiger partial charge is 0.468 e. The second-order valence-electron chi connectivity index (χ2n) is 2.86. The minimum absolute atomic E-state index is 0.348. The maximum atomic E-state index is 11.7. The molecule has 0 bridgehead atoms. The first-order valence-electron chi connectivity index (χ1n) is 4.29. The molecule has 0 aliphatic carbocycles. The normalized spacial score (nSPS) is 10.9.